The second-order valence-electron chi connectivity index (χ2n) is 5.12. The predicted octanol–water partition coefficient (Wildman–Crippen LogP) is 4.63. The van der Waals surface area contributed by atoms with Crippen LogP contribution in [-0.2, 0) is 10.9 Å². The molecule has 7 heteroatoms. The third-order valence-electron chi connectivity index (χ3n) is 3.56. The Morgan fingerprint density at radius 2 is 1.91 bits per heavy atom. The monoisotopic (exact) mass is 379 g/mol. The molecule has 1 aliphatic rings. The minimum atomic E-state index is -4.51. The van der Waals surface area contributed by atoms with E-state index in [0.717, 1.165) is 44.5 Å². The van der Waals surface area contributed by atoms with E-state index in [2.05, 4.69) is 15.9 Å². The second-order valence-corrected chi connectivity index (χ2v) is 5.97. The Bertz CT molecular complexity index is 554. The van der Waals surface area contributed by atoms with Gasteiger partial charge >= 0.3 is 12.1 Å². The number of hydrogen-bond acceptors (Lipinski definition) is 3. The highest BCUT2D eigenvalue weighted by Gasteiger charge is 2.34. The Morgan fingerprint density at radius 1 is 1.27 bits per heavy atom. The smallest absolute Gasteiger partial charge is 0.416 e. The van der Waals surface area contributed by atoms with Gasteiger partial charge in [0, 0.05) is 17.6 Å². The van der Waals surface area contributed by atoms with Crippen LogP contribution in [-0.4, -0.2) is 25.7 Å². The molecule has 0 amide bonds. The Hall–Kier alpha value is -1.24. The fourth-order valence-corrected chi connectivity index (χ4v) is 3.28. The van der Waals surface area contributed by atoms with Gasteiger partial charge in [0.1, 0.15) is 0 Å². The fraction of sp³-hybridized carbons (Fsp3) is 0.533. The van der Waals surface area contributed by atoms with Crippen LogP contribution in [0.5, 0.6) is 0 Å². The molecule has 1 aromatic carbocycles. The first-order chi connectivity index (χ1) is 10.3. The van der Waals surface area contributed by atoms with Crippen LogP contribution in [0.2, 0.25) is 0 Å². The summed E-state index contributed by atoms with van der Waals surface area (Å²) in [5, 5.41) is 0. The summed E-state index contributed by atoms with van der Waals surface area (Å²) in [6, 6.07) is 1.90. The second kappa shape index (κ2) is 6.89. The maximum absolute atomic E-state index is 13.0. The summed E-state index contributed by atoms with van der Waals surface area (Å²) in [5.74, 6) is -0.727. The van der Waals surface area contributed by atoms with Gasteiger partial charge in [0.25, 0.3) is 0 Å². The maximum atomic E-state index is 13.0. The molecule has 122 valence electrons. The summed E-state index contributed by atoms with van der Waals surface area (Å²) >= 11 is 3.20. The van der Waals surface area contributed by atoms with Crippen molar-refractivity contribution in [3.63, 3.8) is 0 Å². The Balaban J connectivity index is 2.52. The number of anilines is 1. The molecule has 22 heavy (non-hydrogen) atoms. The van der Waals surface area contributed by atoms with Gasteiger partial charge in [0.2, 0.25) is 0 Å². The number of hydrogen-bond donors (Lipinski definition) is 0. The van der Waals surface area contributed by atoms with Crippen molar-refractivity contribution in [1.82, 2.24) is 0 Å². The number of nitrogens with zero attached hydrogens (tertiary/aromatic N) is 1. The first-order valence-corrected chi connectivity index (χ1v) is 7.96. The molecule has 2 rings (SSSR count). The molecule has 0 bridgehead atoms. The molecular weight excluding hydrogens is 363 g/mol. The van der Waals surface area contributed by atoms with Crippen molar-refractivity contribution in [1.29, 1.82) is 0 Å². The number of benzene rings is 1. The van der Waals surface area contributed by atoms with Crippen LogP contribution in [0.1, 0.15) is 42.1 Å². The zero-order valence-corrected chi connectivity index (χ0v) is 13.8. The highest BCUT2D eigenvalue weighted by atomic mass is 79.9. The van der Waals surface area contributed by atoms with Crippen LogP contribution in [0.3, 0.4) is 0 Å². The minimum Gasteiger partial charge on any atom is -0.462 e. The van der Waals surface area contributed by atoms with Gasteiger partial charge in [-0.05, 0) is 54.2 Å². The van der Waals surface area contributed by atoms with Gasteiger partial charge in [0.05, 0.1) is 23.4 Å². The van der Waals surface area contributed by atoms with E-state index in [1.54, 1.807) is 6.92 Å². The molecular formula is C15H17BrF3NO2. The largest absolute Gasteiger partial charge is 0.462 e. The van der Waals surface area contributed by atoms with Gasteiger partial charge in [-0.15, -0.1) is 0 Å². The lowest BCUT2D eigenvalue weighted by molar-refractivity contribution is -0.137. The third kappa shape index (κ3) is 3.74. The van der Waals surface area contributed by atoms with Crippen LogP contribution < -0.4 is 4.90 Å². The molecule has 3 nitrogen and oxygen atoms in total. The molecule has 1 aromatic rings. The number of esters is 1. The van der Waals surface area contributed by atoms with Crippen molar-refractivity contribution in [3.8, 4) is 0 Å². The van der Waals surface area contributed by atoms with E-state index in [0.29, 0.717) is 5.69 Å². The summed E-state index contributed by atoms with van der Waals surface area (Å²) < 4.78 is 44.2. The normalized spacial score (nSPS) is 15.8. The molecule has 0 N–H and O–H groups in total. The molecule has 0 saturated carbocycles. The van der Waals surface area contributed by atoms with Crippen molar-refractivity contribution >= 4 is 27.6 Å². The molecule has 0 spiro atoms. The summed E-state index contributed by atoms with van der Waals surface area (Å²) in [4.78, 5) is 14.0. The van der Waals surface area contributed by atoms with Gasteiger partial charge in [-0.3, -0.25) is 0 Å². The average molecular weight is 380 g/mol. The lowest BCUT2D eigenvalue weighted by atomic mass is 10.0. The summed E-state index contributed by atoms with van der Waals surface area (Å²) in [6.07, 6.45) is -1.51. The van der Waals surface area contributed by atoms with Crippen molar-refractivity contribution in [3.05, 3.63) is 27.7 Å². The molecule has 0 unspecified atom stereocenters. The van der Waals surface area contributed by atoms with E-state index in [9.17, 15) is 18.0 Å². The zero-order valence-electron chi connectivity index (χ0n) is 12.2. The summed E-state index contributed by atoms with van der Waals surface area (Å²) in [6.45, 7) is 3.18. The van der Waals surface area contributed by atoms with Crippen LogP contribution >= 0.6 is 15.9 Å². The molecule has 0 atom stereocenters. The number of carbonyl (C=O) groups excluding carboxylic acids is 1. The number of halogens is 4. The molecule has 1 fully saturated rings. The van der Waals surface area contributed by atoms with Crippen molar-refractivity contribution in [2.24, 2.45) is 0 Å². The van der Waals surface area contributed by atoms with E-state index in [4.69, 9.17) is 4.74 Å². The predicted molar refractivity (Wildman–Crippen MR) is 81.2 cm³/mol. The molecule has 0 aliphatic carbocycles. The average Bonchev–Trinajstić information content (AvgIpc) is 2.46. The van der Waals surface area contributed by atoms with Gasteiger partial charge in [-0.1, -0.05) is 0 Å². The van der Waals surface area contributed by atoms with E-state index < -0.39 is 17.7 Å². The highest BCUT2D eigenvalue weighted by Crippen LogP contribution is 2.39. The highest BCUT2D eigenvalue weighted by molar-refractivity contribution is 9.10. The van der Waals surface area contributed by atoms with Gasteiger partial charge in [-0.25, -0.2) is 4.79 Å². The lowest BCUT2D eigenvalue weighted by Crippen LogP contribution is -2.31. The molecule has 1 aliphatic heterocycles. The van der Waals surface area contributed by atoms with E-state index in [1.165, 1.54) is 0 Å². The van der Waals surface area contributed by atoms with E-state index >= 15 is 0 Å². The Labute approximate surface area is 135 Å². The Kier molecular flexibility index (Phi) is 5.36. The standard InChI is InChI=1S/C15H17BrF3NO2/c1-2-22-14(21)11-8-10(15(17,18)19)9-12(16)13(11)20-6-4-3-5-7-20/h8-9H,2-7H2,1H3. The van der Waals surface area contributed by atoms with Gasteiger partial charge in [0.15, 0.2) is 0 Å². The number of piperidine rings is 1. The van der Waals surface area contributed by atoms with Crippen LogP contribution in [0, 0.1) is 0 Å². The molecule has 0 radical (unpaired) electrons. The van der Waals surface area contributed by atoms with Crippen LogP contribution in [0.25, 0.3) is 0 Å². The summed E-state index contributed by atoms with van der Waals surface area (Å²) in [7, 11) is 0. The van der Waals surface area contributed by atoms with Gasteiger partial charge < -0.3 is 9.64 Å². The zero-order chi connectivity index (χ0) is 16.3. The number of rotatable bonds is 3. The first-order valence-electron chi connectivity index (χ1n) is 7.17. The van der Waals surface area contributed by atoms with Crippen LogP contribution in [0.15, 0.2) is 16.6 Å². The minimum absolute atomic E-state index is 0.0366. The molecule has 1 heterocycles. The van der Waals surface area contributed by atoms with Gasteiger partial charge in [-0.2, -0.15) is 13.2 Å². The fourth-order valence-electron chi connectivity index (χ4n) is 2.57. The SMILES string of the molecule is CCOC(=O)c1cc(C(F)(F)F)cc(Br)c1N1CCCCC1. The first kappa shape index (κ1) is 17.1. The lowest BCUT2D eigenvalue weighted by Gasteiger charge is -2.31. The maximum Gasteiger partial charge on any atom is 0.416 e. The van der Waals surface area contributed by atoms with Crippen molar-refractivity contribution in [2.75, 3.05) is 24.6 Å². The van der Waals surface area contributed by atoms with Crippen molar-refractivity contribution < 1.29 is 22.7 Å². The van der Waals surface area contributed by atoms with E-state index in [-0.39, 0.29) is 16.6 Å². The third-order valence-corrected chi connectivity index (χ3v) is 4.16. The Morgan fingerprint density at radius 3 is 2.45 bits per heavy atom. The topological polar surface area (TPSA) is 29.5 Å². The summed E-state index contributed by atoms with van der Waals surface area (Å²) in [5.41, 5.74) is -0.403. The van der Waals surface area contributed by atoms with E-state index in [1.807, 2.05) is 4.90 Å². The molecule has 0 aromatic heterocycles. The number of ether oxygens (including phenoxy) is 1. The quantitative estimate of drug-likeness (QED) is 0.716. The van der Waals surface area contributed by atoms with Crippen molar-refractivity contribution in [2.45, 2.75) is 32.4 Å². The number of alkyl halides is 3. The molecule has 1 saturated heterocycles. The van der Waals surface area contributed by atoms with Crippen LogP contribution in [0.4, 0.5) is 18.9 Å². The number of carbonyl (C=O) groups is 1.